The van der Waals surface area contributed by atoms with E-state index < -0.39 is 5.60 Å². The second-order valence-corrected chi connectivity index (χ2v) is 6.66. The summed E-state index contributed by atoms with van der Waals surface area (Å²) >= 11 is 0. The maximum atomic E-state index is 12.5. The Labute approximate surface area is 140 Å². The Morgan fingerprint density at radius 3 is 2.88 bits per heavy atom. The van der Waals surface area contributed by atoms with E-state index in [0.717, 1.165) is 17.1 Å². The number of carbonyl (C=O) groups is 2. The number of rotatable bonds is 3. The van der Waals surface area contributed by atoms with Gasteiger partial charge in [0.2, 0.25) is 12.7 Å². The van der Waals surface area contributed by atoms with Gasteiger partial charge < -0.3 is 24.0 Å². The Morgan fingerprint density at radius 2 is 2.08 bits per heavy atom. The van der Waals surface area contributed by atoms with Crippen molar-refractivity contribution in [1.82, 2.24) is 9.80 Å². The number of carbonyl (C=O) groups excluding carboxylic acids is 2. The van der Waals surface area contributed by atoms with Crippen molar-refractivity contribution in [3.8, 4) is 11.5 Å². The maximum absolute atomic E-state index is 12.5. The molecule has 3 heterocycles. The third kappa shape index (κ3) is 2.64. The van der Waals surface area contributed by atoms with E-state index in [4.69, 9.17) is 14.2 Å². The summed E-state index contributed by atoms with van der Waals surface area (Å²) in [5.41, 5.74) is 0.536. The molecule has 24 heavy (non-hydrogen) atoms. The van der Waals surface area contributed by atoms with Gasteiger partial charge in [-0.1, -0.05) is 6.07 Å². The van der Waals surface area contributed by atoms with Crippen LogP contribution >= 0.6 is 0 Å². The molecule has 3 aliphatic rings. The Morgan fingerprint density at radius 1 is 1.25 bits per heavy atom. The van der Waals surface area contributed by atoms with Gasteiger partial charge in [0, 0.05) is 26.4 Å². The quantitative estimate of drug-likeness (QED) is 0.837. The highest BCUT2D eigenvalue weighted by molar-refractivity contribution is 5.77. The Hall–Kier alpha value is -2.44. The Balaban J connectivity index is 1.33. The molecule has 3 aliphatic heterocycles. The molecule has 0 aromatic heterocycles. The van der Waals surface area contributed by atoms with Crippen molar-refractivity contribution in [2.75, 3.05) is 33.5 Å². The lowest BCUT2D eigenvalue weighted by molar-refractivity contribution is -0.130. The zero-order chi connectivity index (χ0) is 16.7. The molecular weight excluding hydrogens is 312 g/mol. The molecule has 7 heteroatoms. The standard InChI is InChI=1S/C17H20N2O5/c1-18-9-17(24-16(18)21)6-7-19(10-17)15(20)5-3-12-2-4-13-14(8-12)23-11-22-13/h2,4,8H,3,5-7,9-11H2,1H3. The van der Waals surface area contributed by atoms with Crippen LogP contribution in [0.25, 0.3) is 0 Å². The Kier molecular flexibility index (Phi) is 3.51. The normalized spacial score (nSPS) is 24.8. The van der Waals surface area contributed by atoms with E-state index in [0.29, 0.717) is 38.9 Å². The number of nitrogens with zero attached hydrogens (tertiary/aromatic N) is 2. The molecule has 0 N–H and O–H groups in total. The van der Waals surface area contributed by atoms with Gasteiger partial charge in [-0.05, 0) is 24.1 Å². The van der Waals surface area contributed by atoms with E-state index in [2.05, 4.69) is 0 Å². The van der Waals surface area contributed by atoms with Crippen molar-refractivity contribution >= 4 is 12.0 Å². The summed E-state index contributed by atoms with van der Waals surface area (Å²) in [6.45, 7) is 1.93. The molecule has 2 amide bonds. The molecule has 0 radical (unpaired) electrons. The van der Waals surface area contributed by atoms with E-state index in [-0.39, 0.29) is 18.8 Å². The lowest BCUT2D eigenvalue weighted by Crippen LogP contribution is -2.39. The minimum atomic E-state index is -0.514. The summed E-state index contributed by atoms with van der Waals surface area (Å²) in [6, 6.07) is 5.76. The van der Waals surface area contributed by atoms with Crippen LogP contribution < -0.4 is 9.47 Å². The first kappa shape index (κ1) is 15.1. The van der Waals surface area contributed by atoms with E-state index in [9.17, 15) is 9.59 Å². The van der Waals surface area contributed by atoms with Crippen molar-refractivity contribution in [2.45, 2.75) is 24.9 Å². The fourth-order valence-electron chi connectivity index (χ4n) is 3.57. The van der Waals surface area contributed by atoms with E-state index in [1.165, 1.54) is 0 Å². The second kappa shape index (κ2) is 5.58. The predicted molar refractivity (Wildman–Crippen MR) is 83.9 cm³/mol. The second-order valence-electron chi connectivity index (χ2n) is 6.66. The molecule has 2 fully saturated rings. The average Bonchev–Trinajstić information content (AvgIpc) is 3.25. The SMILES string of the molecule is CN1CC2(CCN(C(=O)CCc3ccc4c(c3)OCO4)C2)OC1=O. The largest absolute Gasteiger partial charge is 0.454 e. The van der Waals surface area contributed by atoms with E-state index in [1.54, 1.807) is 16.8 Å². The summed E-state index contributed by atoms with van der Waals surface area (Å²) in [7, 11) is 1.72. The highest BCUT2D eigenvalue weighted by atomic mass is 16.7. The molecule has 2 saturated heterocycles. The Bertz CT molecular complexity index is 692. The minimum Gasteiger partial charge on any atom is -0.454 e. The summed E-state index contributed by atoms with van der Waals surface area (Å²) in [5.74, 6) is 1.58. The molecule has 7 nitrogen and oxygen atoms in total. The van der Waals surface area contributed by atoms with Crippen molar-refractivity contribution in [3.05, 3.63) is 23.8 Å². The first-order valence-electron chi connectivity index (χ1n) is 8.15. The van der Waals surface area contributed by atoms with Gasteiger partial charge >= 0.3 is 6.09 Å². The molecule has 0 aliphatic carbocycles. The molecule has 0 bridgehead atoms. The lowest BCUT2D eigenvalue weighted by atomic mass is 10.0. The zero-order valence-electron chi connectivity index (χ0n) is 13.6. The summed E-state index contributed by atoms with van der Waals surface area (Å²) in [6.07, 6.45) is 1.49. The highest BCUT2D eigenvalue weighted by Gasteiger charge is 2.49. The van der Waals surface area contributed by atoms with Gasteiger partial charge in [0.1, 0.15) is 0 Å². The number of hydrogen-bond donors (Lipinski definition) is 0. The van der Waals surface area contributed by atoms with Crippen molar-refractivity contribution < 1.29 is 23.8 Å². The summed E-state index contributed by atoms with van der Waals surface area (Å²) < 4.78 is 16.1. The number of fused-ring (bicyclic) bond motifs is 1. The van der Waals surface area contributed by atoms with Crippen LogP contribution in [-0.2, 0) is 16.0 Å². The van der Waals surface area contributed by atoms with Crippen LogP contribution in [0.4, 0.5) is 4.79 Å². The number of amides is 2. The van der Waals surface area contributed by atoms with Crippen LogP contribution in [0.1, 0.15) is 18.4 Å². The molecule has 1 unspecified atom stereocenters. The van der Waals surface area contributed by atoms with Gasteiger partial charge in [0.25, 0.3) is 0 Å². The van der Waals surface area contributed by atoms with E-state index in [1.807, 2.05) is 18.2 Å². The molecule has 0 saturated carbocycles. The highest BCUT2D eigenvalue weighted by Crippen LogP contribution is 2.34. The third-order valence-electron chi connectivity index (χ3n) is 4.87. The monoisotopic (exact) mass is 332 g/mol. The van der Waals surface area contributed by atoms with Crippen molar-refractivity contribution in [1.29, 1.82) is 0 Å². The van der Waals surface area contributed by atoms with Crippen LogP contribution in [0.2, 0.25) is 0 Å². The number of aryl methyl sites for hydroxylation is 1. The third-order valence-corrected chi connectivity index (χ3v) is 4.87. The average molecular weight is 332 g/mol. The van der Waals surface area contributed by atoms with Crippen LogP contribution in [0.5, 0.6) is 11.5 Å². The molecule has 4 rings (SSSR count). The van der Waals surface area contributed by atoms with Gasteiger partial charge in [-0.3, -0.25) is 4.79 Å². The van der Waals surface area contributed by atoms with Gasteiger partial charge in [-0.15, -0.1) is 0 Å². The molecule has 1 aromatic rings. The summed E-state index contributed by atoms with van der Waals surface area (Å²) in [4.78, 5) is 27.4. The van der Waals surface area contributed by atoms with Crippen LogP contribution in [0.15, 0.2) is 18.2 Å². The smallest absolute Gasteiger partial charge is 0.410 e. The van der Waals surface area contributed by atoms with E-state index >= 15 is 0 Å². The molecule has 128 valence electrons. The van der Waals surface area contributed by atoms with Gasteiger partial charge in [-0.2, -0.15) is 0 Å². The first-order valence-corrected chi connectivity index (χ1v) is 8.15. The minimum absolute atomic E-state index is 0.0927. The number of benzene rings is 1. The topological polar surface area (TPSA) is 68.3 Å². The van der Waals surface area contributed by atoms with Crippen LogP contribution in [0, 0.1) is 0 Å². The molecule has 1 spiro atoms. The van der Waals surface area contributed by atoms with Gasteiger partial charge in [0.05, 0.1) is 13.1 Å². The van der Waals surface area contributed by atoms with Gasteiger partial charge in [0.15, 0.2) is 17.1 Å². The predicted octanol–water partition coefficient (Wildman–Crippen LogP) is 1.40. The van der Waals surface area contributed by atoms with Crippen LogP contribution in [0.3, 0.4) is 0 Å². The van der Waals surface area contributed by atoms with Crippen LogP contribution in [-0.4, -0.2) is 60.9 Å². The maximum Gasteiger partial charge on any atom is 0.410 e. The number of hydrogen-bond acceptors (Lipinski definition) is 5. The summed E-state index contributed by atoms with van der Waals surface area (Å²) in [5, 5.41) is 0. The molecule has 1 atom stereocenters. The van der Waals surface area contributed by atoms with Crippen molar-refractivity contribution in [2.24, 2.45) is 0 Å². The zero-order valence-corrected chi connectivity index (χ0v) is 13.6. The fraction of sp³-hybridized carbons (Fsp3) is 0.529. The number of likely N-dealkylation sites (tertiary alicyclic amines) is 1. The number of ether oxygens (including phenoxy) is 3. The lowest BCUT2D eigenvalue weighted by Gasteiger charge is -2.21. The number of likely N-dealkylation sites (N-methyl/N-ethyl adjacent to an activating group) is 1. The molecular formula is C17H20N2O5. The fourth-order valence-corrected chi connectivity index (χ4v) is 3.57. The first-order chi connectivity index (χ1) is 11.5. The van der Waals surface area contributed by atoms with Crippen molar-refractivity contribution in [3.63, 3.8) is 0 Å². The molecule has 1 aromatic carbocycles. The van der Waals surface area contributed by atoms with Gasteiger partial charge in [-0.25, -0.2) is 4.79 Å².